The fourth-order valence-corrected chi connectivity index (χ4v) is 1.59. The van der Waals surface area contributed by atoms with Crippen LogP contribution in [0.5, 0.6) is 0 Å². The number of hydrogen-bond acceptors (Lipinski definition) is 0. The van der Waals surface area contributed by atoms with E-state index < -0.39 is 0 Å². The maximum atomic E-state index is 3.26. The monoisotopic (exact) mass is 185 g/mol. The molecule has 2 rings (SSSR count). The van der Waals surface area contributed by atoms with E-state index in [4.69, 9.17) is 0 Å². The van der Waals surface area contributed by atoms with Crippen molar-refractivity contribution in [2.75, 3.05) is 0 Å². The predicted octanol–water partition coefficient (Wildman–Crippen LogP) is 3.55. The van der Waals surface area contributed by atoms with Gasteiger partial charge >= 0.3 is 0 Å². The van der Waals surface area contributed by atoms with Crippen molar-refractivity contribution in [1.82, 2.24) is 4.98 Å². The quantitative estimate of drug-likeness (QED) is 0.736. The zero-order valence-electron chi connectivity index (χ0n) is 8.67. The summed E-state index contributed by atoms with van der Waals surface area (Å²) in [6, 6.07) is 10.9. The molecule has 0 amide bonds. The summed E-state index contributed by atoms with van der Waals surface area (Å²) in [5.41, 5.74) is 5.12. The number of rotatable bonds is 2. The number of benzene rings is 1. The van der Waals surface area contributed by atoms with Gasteiger partial charge in [-0.1, -0.05) is 31.2 Å². The van der Waals surface area contributed by atoms with E-state index in [0.29, 0.717) is 0 Å². The van der Waals surface area contributed by atoms with Gasteiger partial charge in [-0.3, -0.25) is 0 Å². The fourth-order valence-electron chi connectivity index (χ4n) is 1.59. The summed E-state index contributed by atoms with van der Waals surface area (Å²) < 4.78 is 0. The van der Waals surface area contributed by atoms with Crippen molar-refractivity contribution < 1.29 is 0 Å². The maximum Gasteiger partial charge on any atom is 0.0456 e. The second-order valence-corrected chi connectivity index (χ2v) is 3.64. The van der Waals surface area contributed by atoms with E-state index >= 15 is 0 Å². The summed E-state index contributed by atoms with van der Waals surface area (Å²) in [4.78, 5) is 3.26. The third kappa shape index (κ3) is 1.72. The lowest BCUT2D eigenvalue weighted by molar-refractivity contribution is 1.14. The summed E-state index contributed by atoms with van der Waals surface area (Å²) in [6.45, 7) is 4.27. The average molecular weight is 185 g/mol. The molecule has 1 N–H and O–H groups in total. The molecule has 0 aliphatic heterocycles. The molecule has 0 saturated heterocycles. The Labute approximate surface area is 84.8 Å². The van der Waals surface area contributed by atoms with Gasteiger partial charge in [0.2, 0.25) is 0 Å². The van der Waals surface area contributed by atoms with Crippen molar-refractivity contribution in [3.8, 4) is 11.3 Å². The molecule has 72 valence electrons. The summed E-state index contributed by atoms with van der Waals surface area (Å²) >= 11 is 0. The largest absolute Gasteiger partial charge is 0.361 e. The number of aromatic nitrogens is 1. The summed E-state index contributed by atoms with van der Waals surface area (Å²) in [5.74, 6) is 0. The van der Waals surface area contributed by atoms with Crippen LogP contribution in [0, 0.1) is 6.92 Å². The molecule has 1 aromatic heterocycles. The minimum atomic E-state index is 1.10. The van der Waals surface area contributed by atoms with E-state index in [1.807, 2.05) is 6.20 Å². The Balaban J connectivity index is 2.33. The van der Waals surface area contributed by atoms with Crippen LogP contribution in [0.3, 0.4) is 0 Å². The van der Waals surface area contributed by atoms with Gasteiger partial charge in [0, 0.05) is 11.9 Å². The lowest BCUT2D eigenvalue weighted by Crippen LogP contribution is -1.80. The SMILES string of the molecule is CCc1ccc(-c2cc(C)c[nH]2)cc1. The van der Waals surface area contributed by atoms with Crippen molar-refractivity contribution in [3.05, 3.63) is 47.7 Å². The first-order valence-electron chi connectivity index (χ1n) is 5.04. The summed E-state index contributed by atoms with van der Waals surface area (Å²) in [7, 11) is 0. The minimum absolute atomic E-state index is 1.10. The van der Waals surface area contributed by atoms with Gasteiger partial charge in [0.25, 0.3) is 0 Å². The molecular formula is C13H15N. The van der Waals surface area contributed by atoms with Gasteiger partial charge in [-0.2, -0.15) is 0 Å². The molecule has 0 aliphatic rings. The average Bonchev–Trinajstić information content (AvgIpc) is 2.65. The van der Waals surface area contributed by atoms with Crippen molar-refractivity contribution in [2.45, 2.75) is 20.3 Å². The van der Waals surface area contributed by atoms with Crippen LogP contribution in [0.15, 0.2) is 36.5 Å². The topological polar surface area (TPSA) is 15.8 Å². The van der Waals surface area contributed by atoms with Crippen LogP contribution in [-0.4, -0.2) is 4.98 Å². The molecule has 1 heteroatoms. The molecule has 2 aromatic rings. The van der Waals surface area contributed by atoms with Gasteiger partial charge in [-0.25, -0.2) is 0 Å². The van der Waals surface area contributed by atoms with E-state index in [-0.39, 0.29) is 0 Å². The van der Waals surface area contributed by atoms with Crippen LogP contribution in [-0.2, 0) is 6.42 Å². The molecule has 0 radical (unpaired) electrons. The Morgan fingerprint density at radius 1 is 1.14 bits per heavy atom. The first-order chi connectivity index (χ1) is 6.79. The van der Waals surface area contributed by atoms with E-state index in [1.54, 1.807) is 0 Å². The molecule has 1 heterocycles. The van der Waals surface area contributed by atoms with Crippen LogP contribution >= 0.6 is 0 Å². The standard InChI is InChI=1S/C13H15N/c1-3-11-4-6-12(7-5-11)13-8-10(2)9-14-13/h4-9,14H,3H2,1-2H3. The molecule has 14 heavy (non-hydrogen) atoms. The Kier molecular flexibility index (Phi) is 2.40. The molecule has 0 aliphatic carbocycles. The molecule has 0 atom stereocenters. The van der Waals surface area contributed by atoms with E-state index in [9.17, 15) is 0 Å². The van der Waals surface area contributed by atoms with E-state index in [2.05, 4.69) is 49.2 Å². The number of aromatic amines is 1. The molecule has 0 fully saturated rings. The molecule has 1 aromatic carbocycles. The number of nitrogens with one attached hydrogen (secondary N) is 1. The normalized spacial score (nSPS) is 10.4. The fraction of sp³-hybridized carbons (Fsp3) is 0.231. The minimum Gasteiger partial charge on any atom is -0.361 e. The molecule has 1 nitrogen and oxygen atoms in total. The number of hydrogen-bond donors (Lipinski definition) is 1. The Morgan fingerprint density at radius 2 is 1.86 bits per heavy atom. The van der Waals surface area contributed by atoms with Crippen molar-refractivity contribution in [1.29, 1.82) is 0 Å². The first-order valence-corrected chi connectivity index (χ1v) is 5.04. The van der Waals surface area contributed by atoms with Crippen LogP contribution in [0.4, 0.5) is 0 Å². The lowest BCUT2D eigenvalue weighted by Gasteiger charge is -1.99. The lowest BCUT2D eigenvalue weighted by atomic mass is 10.1. The Morgan fingerprint density at radius 3 is 2.36 bits per heavy atom. The van der Waals surface area contributed by atoms with Crippen molar-refractivity contribution in [3.63, 3.8) is 0 Å². The molecule has 0 spiro atoms. The van der Waals surface area contributed by atoms with Gasteiger partial charge in [-0.15, -0.1) is 0 Å². The third-order valence-electron chi connectivity index (χ3n) is 2.50. The smallest absolute Gasteiger partial charge is 0.0456 e. The number of aryl methyl sites for hydroxylation is 2. The zero-order valence-corrected chi connectivity index (χ0v) is 8.67. The Bertz CT molecular complexity index is 409. The molecule has 0 bridgehead atoms. The van der Waals surface area contributed by atoms with Crippen LogP contribution in [0.1, 0.15) is 18.1 Å². The van der Waals surface area contributed by atoms with Crippen molar-refractivity contribution in [2.24, 2.45) is 0 Å². The summed E-state index contributed by atoms with van der Waals surface area (Å²) in [5, 5.41) is 0. The van der Waals surface area contributed by atoms with Crippen LogP contribution < -0.4 is 0 Å². The van der Waals surface area contributed by atoms with E-state index in [1.165, 1.54) is 22.4 Å². The number of H-pyrrole nitrogens is 1. The van der Waals surface area contributed by atoms with E-state index in [0.717, 1.165) is 6.42 Å². The zero-order chi connectivity index (χ0) is 9.97. The molecule has 0 saturated carbocycles. The van der Waals surface area contributed by atoms with Crippen molar-refractivity contribution >= 4 is 0 Å². The highest BCUT2D eigenvalue weighted by molar-refractivity contribution is 5.60. The third-order valence-corrected chi connectivity index (χ3v) is 2.50. The predicted molar refractivity (Wildman–Crippen MR) is 60.3 cm³/mol. The van der Waals surface area contributed by atoms with Gasteiger partial charge in [0.05, 0.1) is 0 Å². The highest BCUT2D eigenvalue weighted by atomic mass is 14.7. The highest BCUT2D eigenvalue weighted by Crippen LogP contribution is 2.19. The molecular weight excluding hydrogens is 170 g/mol. The Hall–Kier alpha value is -1.50. The van der Waals surface area contributed by atoms with Gasteiger partial charge in [0.1, 0.15) is 0 Å². The highest BCUT2D eigenvalue weighted by Gasteiger charge is 1.98. The molecule has 0 unspecified atom stereocenters. The van der Waals surface area contributed by atoms with Gasteiger partial charge in [0.15, 0.2) is 0 Å². The summed E-state index contributed by atoms with van der Waals surface area (Å²) in [6.07, 6.45) is 3.13. The van der Waals surface area contributed by atoms with Gasteiger partial charge < -0.3 is 4.98 Å². The van der Waals surface area contributed by atoms with Crippen LogP contribution in [0.2, 0.25) is 0 Å². The first kappa shape index (κ1) is 9.07. The second-order valence-electron chi connectivity index (χ2n) is 3.64. The second kappa shape index (κ2) is 3.70. The van der Waals surface area contributed by atoms with Gasteiger partial charge in [-0.05, 0) is 36.1 Å². The van der Waals surface area contributed by atoms with Crippen LogP contribution in [0.25, 0.3) is 11.3 Å². The maximum absolute atomic E-state index is 3.26.